The number of rotatable bonds is 5. The first-order chi connectivity index (χ1) is 18.0. The number of ketones is 1. The maximum absolute atomic E-state index is 14.9. The summed E-state index contributed by atoms with van der Waals surface area (Å²) in [7, 11) is -3.67. The minimum absolute atomic E-state index is 0.0844. The van der Waals surface area contributed by atoms with Crippen LogP contribution in [0.15, 0.2) is 115 Å². The monoisotopic (exact) mass is 540 g/mol. The van der Waals surface area contributed by atoms with Crippen molar-refractivity contribution in [1.29, 1.82) is 0 Å². The molecule has 1 aromatic heterocycles. The zero-order valence-electron chi connectivity index (χ0n) is 19.4. The Morgan fingerprint density at radius 1 is 0.676 bits per heavy atom. The Bertz CT molecular complexity index is 1730. The van der Waals surface area contributed by atoms with Crippen molar-refractivity contribution in [3.05, 3.63) is 137 Å². The van der Waals surface area contributed by atoms with Crippen molar-refractivity contribution < 1.29 is 9.36 Å². The van der Waals surface area contributed by atoms with Crippen LogP contribution in [0.1, 0.15) is 27.0 Å². The molecule has 4 aromatic carbocycles. The van der Waals surface area contributed by atoms with Crippen LogP contribution in [0.2, 0.25) is 0 Å². The average molecular weight is 541 g/mol. The molecule has 0 fully saturated rings. The summed E-state index contributed by atoms with van der Waals surface area (Å²) in [5.74, 6) is 2.95. The number of fused-ring (bicyclic) bond motifs is 2. The number of benzene rings is 4. The molecule has 0 saturated heterocycles. The second kappa shape index (κ2) is 9.32. The van der Waals surface area contributed by atoms with Crippen molar-refractivity contribution in [2.75, 3.05) is 0 Å². The van der Waals surface area contributed by atoms with Gasteiger partial charge in [0.2, 0.25) is 7.29 Å². The molecule has 0 spiro atoms. The Labute approximate surface area is 223 Å². The predicted octanol–water partition coefficient (Wildman–Crippen LogP) is 8.85. The third kappa shape index (κ3) is 4.08. The third-order valence-electron chi connectivity index (χ3n) is 6.35. The predicted molar refractivity (Wildman–Crippen MR) is 152 cm³/mol. The van der Waals surface area contributed by atoms with Crippen LogP contribution in [-0.4, -0.2) is 15.3 Å². The smallest absolute Gasteiger partial charge is 0.238 e. The molecule has 0 bridgehead atoms. The second-order valence-electron chi connectivity index (χ2n) is 8.67. The quantitative estimate of drug-likeness (QED) is 0.205. The summed E-state index contributed by atoms with van der Waals surface area (Å²) in [6.07, 6.45) is 0. The van der Waals surface area contributed by atoms with Crippen molar-refractivity contribution in [3.63, 3.8) is 0 Å². The number of carbonyl (C=O) groups is 1. The van der Waals surface area contributed by atoms with Gasteiger partial charge in [-0.2, -0.15) is 5.10 Å². The fourth-order valence-corrected chi connectivity index (χ4v) is 7.68. The first kappa shape index (κ1) is 23.7. The molecular weight excluding hydrogens is 522 g/mol. The van der Waals surface area contributed by atoms with Gasteiger partial charge < -0.3 is 0 Å². The summed E-state index contributed by atoms with van der Waals surface area (Å²) >= 11 is 13.5. The van der Waals surface area contributed by atoms with Gasteiger partial charge in [-0.1, -0.05) is 120 Å². The second-order valence-corrected chi connectivity index (χ2v) is 11.7. The molecule has 180 valence electrons. The molecule has 6 rings (SSSR count). The van der Waals surface area contributed by atoms with Crippen LogP contribution in [0.5, 0.6) is 0 Å². The maximum Gasteiger partial charge on any atom is 0.238 e. The number of hydrogen-bond acceptors (Lipinski definition) is 3. The molecule has 0 aliphatic heterocycles. The molecule has 1 aliphatic carbocycles. The highest BCUT2D eigenvalue weighted by Gasteiger charge is 2.33. The molecule has 0 unspecified atom stereocenters. The largest absolute Gasteiger partial charge is 0.289 e. The molecule has 1 heterocycles. The van der Waals surface area contributed by atoms with Crippen LogP contribution in [-0.2, 0) is 4.57 Å². The molecule has 5 aromatic rings. The number of nitrogens with zero attached hydrogens (tertiary/aromatic N) is 2. The highest BCUT2D eigenvalue weighted by molar-refractivity contribution is 7.69. The minimum Gasteiger partial charge on any atom is -0.289 e. The van der Waals surface area contributed by atoms with Gasteiger partial charge in [0.05, 0.1) is 15.6 Å². The van der Waals surface area contributed by atoms with Gasteiger partial charge >= 0.3 is 0 Å². The fourth-order valence-electron chi connectivity index (χ4n) is 4.62. The Balaban J connectivity index is 1.64. The van der Waals surface area contributed by atoms with Crippen molar-refractivity contribution >= 4 is 57.2 Å². The fraction of sp³-hybridized carbons (Fsp3) is 0. The lowest BCUT2D eigenvalue weighted by atomic mass is 9.87. The summed E-state index contributed by atoms with van der Waals surface area (Å²) in [4.78, 5) is 13.3. The van der Waals surface area contributed by atoms with E-state index in [1.165, 1.54) is 16.1 Å². The summed E-state index contributed by atoms with van der Waals surface area (Å²) in [6.45, 7) is 0. The Morgan fingerprint density at radius 2 is 1.19 bits per heavy atom. The molecular formula is C30H19Cl2N2O2P. The first-order valence-electron chi connectivity index (χ1n) is 11.6. The topological polar surface area (TPSA) is 52.0 Å². The van der Waals surface area contributed by atoms with E-state index in [9.17, 15) is 9.36 Å². The van der Waals surface area contributed by atoms with Crippen LogP contribution in [0.25, 0.3) is 32.2 Å². The van der Waals surface area contributed by atoms with Gasteiger partial charge in [-0.15, -0.1) is 0 Å². The summed E-state index contributed by atoms with van der Waals surface area (Å²) in [5.41, 5.74) is 4.42. The molecule has 7 heteroatoms. The van der Waals surface area contributed by atoms with E-state index in [0.717, 1.165) is 11.1 Å². The molecule has 0 atom stereocenters. The van der Waals surface area contributed by atoms with E-state index in [1.807, 2.05) is 84.9 Å². The Hall–Kier alpha value is -3.69. The van der Waals surface area contributed by atoms with Gasteiger partial charge in [0.1, 0.15) is 5.69 Å². The summed E-state index contributed by atoms with van der Waals surface area (Å²) < 4.78 is 16.4. The van der Waals surface area contributed by atoms with Gasteiger partial charge in [0.15, 0.2) is 5.78 Å². The van der Waals surface area contributed by atoms with Crippen molar-refractivity contribution in [2.24, 2.45) is 0 Å². The van der Waals surface area contributed by atoms with E-state index in [1.54, 1.807) is 18.2 Å². The third-order valence-corrected chi connectivity index (χ3v) is 9.47. The van der Waals surface area contributed by atoms with Gasteiger partial charge in [-0.05, 0) is 17.2 Å². The van der Waals surface area contributed by atoms with Gasteiger partial charge in [-0.3, -0.25) is 9.36 Å². The highest BCUT2D eigenvalue weighted by atomic mass is 35.5. The van der Waals surface area contributed by atoms with Gasteiger partial charge in [0.25, 0.3) is 0 Å². The van der Waals surface area contributed by atoms with E-state index in [4.69, 9.17) is 28.3 Å². The van der Waals surface area contributed by atoms with E-state index < -0.39 is 7.29 Å². The summed E-state index contributed by atoms with van der Waals surface area (Å²) in [5, 5.41) is 6.14. The number of halogens is 2. The van der Waals surface area contributed by atoms with Gasteiger partial charge in [0, 0.05) is 33.7 Å². The molecule has 0 N–H and O–H groups in total. The molecule has 0 amide bonds. The zero-order valence-corrected chi connectivity index (χ0v) is 21.8. The Morgan fingerprint density at radius 3 is 1.78 bits per heavy atom. The lowest BCUT2D eigenvalue weighted by Crippen LogP contribution is -2.08. The molecule has 37 heavy (non-hydrogen) atoms. The van der Waals surface area contributed by atoms with E-state index >= 15 is 0 Å². The maximum atomic E-state index is 14.9. The Kier molecular flexibility index (Phi) is 5.97. The van der Waals surface area contributed by atoms with E-state index in [2.05, 4.69) is 0 Å². The van der Waals surface area contributed by atoms with Crippen LogP contribution in [0.3, 0.4) is 0 Å². The standard InChI is InChI=1S/C30H19Cl2N2O2P/c31-25(20-10-3-1-4-11-20)18-37(36,19-26(32)21-12-5-2-6-13-21)34-27-17-9-16-24-28(27)29(33-34)22-14-7-8-15-23(22)30(24)35/h1-19H. The molecule has 0 radical (unpaired) electrons. The summed E-state index contributed by atoms with van der Waals surface area (Å²) in [6, 6.07) is 31.3. The van der Waals surface area contributed by atoms with Crippen LogP contribution < -0.4 is 0 Å². The normalized spacial score (nSPS) is 14.9. The highest BCUT2D eigenvalue weighted by Crippen LogP contribution is 2.57. The molecule has 4 nitrogen and oxygen atoms in total. The number of carbonyl (C=O) groups excluding carboxylic acids is 1. The molecule has 0 saturated carbocycles. The van der Waals surface area contributed by atoms with Crippen LogP contribution in [0.4, 0.5) is 0 Å². The number of aromatic nitrogens is 2. The van der Waals surface area contributed by atoms with E-state index in [0.29, 0.717) is 43.4 Å². The van der Waals surface area contributed by atoms with Crippen molar-refractivity contribution in [3.8, 4) is 11.3 Å². The first-order valence-corrected chi connectivity index (χ1v) is 14.2. The van der Waals surface area contributed by atoms with Crippen LogP contribution >= 0.6 is 30.5 Å². The van der Waals surface area contributed by atoms with Crippen LogP contribution in [0, 0.1) is 0 Å². The SMILES string of the molecule is O=C1c2ccccc2-c2nn(P(=O)(C=C(Cl)c3ccccc3)C=C(Cl)c3ccccc3)c3cccc1c23. The lowest BCUT2D eigenvalue weighted by Gasteiger charge is -2.15. The molecule has 1 aliphatic rings. The average Bonchev–Trinajstić information content (AvgIpc) is 3.34. The minimum atomic E-state index is -3.67. The van der Waals surface area contributed by atoms with Crippen molar-refractivity contribution in [1.82, 2.24) is 9.55 Å². The lowest BCUT2D eigenvalue weighted by molar-refractivity contribution is 0.104. The van der Waals surface area contributed by atoms with Gasteiger partial charge in [-0.25, -0.2) is 4.45 Å². The van der Waals surface area contributed by atoms with E-state index in [-0.39, 0.29) is 5.78 Å². The zero-order chi connectivity index (χ0) is 25.6. The number of hydrogen-bond donors (Lipinski definition) is 0. The van der Waals surface area contributed by atoms with Crippen molar-refractivity contribution in [2.45, 2.75) is 0 Å².